The summed E-state index contributed by atoms with van der Waals surface area (Å²) in [5.74, 6) is 0. The van der Waals surface area contributed by atoms with E-state index in [1.807, 2.05) is 0 Å². The number of nitrogens with two attached hydrogens (primary N) is 4. The molecule has 246 valence electrons. The number of aliphatic hydroxyl groups is 9. The predicted molar refractivity (Wildman–Crippen MR) is 134 cm³/mol. The van der Waals surface area contributed by atoms with Crippen LogP contribution in [0.1, 0.15) is 6.42 Å². The largest absolute Gasteiger partial charge is 0.394 e. The minimum Gasteiger partial charge on any atom is -0.394 e. The Bertz CT molecular complexity index is 865. The fraction of sp³-hybridized carbons (Fsp3) is 1.00. The third-order valence-electron chi connectivity index (χ3n) is 8.24. The smallest absolute Gasteiger partial charge is 0.187 e. The molecule has 0 aromatic heterocycles. The lowest BCUT2D eigenvalue weighted by Crippen LogP contribution is -2.67. The highest BCUT2D eigenvalue weighted by Gasteiger charge is 2.54. The Labute approximate surface area is 240 Å². The number of rotatable bonds is 9. The highest BCUT2D eigenvalue weighted by atomic mass is 16.8. The van der Waals surface area contributed by atoms with Crippen LogP contribution in [-0.2, 0) is 28.4 Å². The van der Waals surface area contributed by atoms with Gasteiger partial charge in [0, 0.05) is 12.6 Å². The highest BCUT2D eigenvalue weighted by molar-refractivity contribution is 5.01. The first-order valence-electron chi connectivity index (χ1n) is 13.7. The number of hydrogen-bond acceptors (Lipinski definition) is 19. The Balaban J connectivity index is 1.50. The maximum absolute atomic E-state index is 11.1. The molecule has 3 saturated heterocycles. The molecule has 3 heterocycles. The maximum atomic E-state index is 11.1. The van der Waals surface area contributed by atoms with Gasteiger partial charge in [-0.25, -0.2) is 0 Å². The molecule has 0 radical (unpaired) electrons. The van der Waals surface area contributed by atoms with Crippen LogP contribution in [-0.4, -0.2) is 182 Å². The summed E-state index contributed by atoms with van der Waals surface area (Å²) in [6.45, 7) is -1.55. The van der Waals surface area contributed by atoms with Crippen LogP contribution in [0.4, 0.5) is 0 Å². The van der Waals surface area contributed by atoms with Gasteiger partial charge >= 0.3 is 0 Å². The van der Waals surface area contributed by atoms with Gasteiger partial charge in [0.15, 0.2) is 18.9 Å². The summed E-state index contributed by atoms with van der Waals surface area (Å²) in [6, 6.07) is -3.56. The van der Waals surface area contributed by atoms with Crippen molar-refractivity contribution in [2.75, 3.05) is 19.8 Å². The van der Waals surface area contributed by atoms with Crippen molar-refractivity contribution >= 4 is 0 Å². The summed E-state index contributed by atoms with van der Waals surface area (Å²) in [6.07, 6.45) is -22.9. The van der Waals surface area contributed by atoms with Crippen molar-refractivity contribution in [2.24, 2.45) is 22.9 Å². The first-order valence-corrected chi connectivity index (χ1v) is 13.7. The second-order valence-electron chi connectivity index (χ2n) is 11.1. The van der Waals surface area contributed by atoms with E-state index in [9.17, 15) is 46.0 Å². The van der Waals surface area contributed by atoms with E-state index in [2.05, 4.69) is 0 Å². The maximum Gasteiger partial charge on any atom is 0.187 e. The predicted octanol–water partition coefficient (Wildman–Crippen LogP) is -8.83. The Morgan fingerprint density at radius 2 is 1.02 bits per heavy atom. The zero-order valence-electron chi connectivity index (χ0n) is 22.6. The average molecular weight is 617 g/mol. The van der Waals surface area contributed by atoms with Gasteiger partial charge in [0.1, 0.15) is 73.2 Å². The standard InChI is InChI=1S/C23H44N4O15/c24-2-7-13(32)15(34)10(26)21(37-7)40-18-5(25)1-6(30)12(31)20(18)42-23-17(36)19(9(4-29)39-23)41-22-11(27)16(35)14(33)8(3-28)38-22/h5-23,28-36H,1-4,24-27H2/t5-,6+,7+,8+,9+,10+,11-,12-,13+,14-,15+,16-,17+,18+,19+,20+,21+,22+,23-/m0/s1. The normalized spacial score (nSPS) is 53.8. The van der Waals surface area contributed by atoms with Gasteiger partial charge in [-0.15, -0.1) is 0 Å². The minimum atomic E-state index is -1.68. The SMILES string of the molecule is NC[C@H]1O[C@H](O[C@H]2[C@H](O[C@@H]3O[C@H](CO)[C@@H](O[C@H]4O[C@H](CO)[C@H](O)[C@@H](O)[C@@H]4N)[C@H]3O)[C@@H](O)[C@H](O)C[C@@H]2N)[C@H](N)[C@@H](O)[C@@H]1O. The molecule has 19 nitrogen and oxygen atoms in total. The Kier molecular flexibility index (Phi) is 11.5. The summed E-state index contributed by atoms with van der Waals surface area (Å²) in [7, 11) is 0. The van der Waals surface area contributed by atoms with Crippen LogP contribution < -0.4 is 22.9 Å². The van der Waals surface area contributed by atoms with Crippen LogP contribution in [0.2, 0.25) is 0 Å². The zero-order chi connectivity index (χ0) is 31.0. The fourth-order valence-electron chi connectivity index (χ4n) is 5.64. The van der Waals surface area contributed by atoms with E-state index in [-0.39, 0.29) is 13.0 Å². The molecule has 19 heteroatoms. The van der Waals surface area contributed by atoms with Crippen molar-refractivity contribution < 1.29 is 74.4 Å². The van der Waals surface area contributed by atoms with Crippen LogP contribution in [0.3, 0.4) is 0 Å². The molecule has 0 spiro atoms. The molecule has 0 aromatic rings. The second-order valence-corrected chi connectivity index (χ2v) is 11.1. The molecule has 19 atom stereocenters. The summed E-state index contributed by atoms with van der Waals surface area (Å²) < 4.78 is 34.2. The fourth-order valence-corrected chi connectivity index (χ4v) is 5.64. The van der Waals surface area contributed by atoms with Gasteiger partial charge in [0.2, 0.25) is 0 Å². The summed E-state index contributed by atoms with van der Waals surface area (Å²) in [5, 5.41) is 92.4. The molecule has 4 fully saturated rings. The molecule has 3 aliphatic heterocycles. The topological polar surface area (TPSA) is 342 Å². The average Bonchev–Trinajstić information content (AvgIpc) is 3.27. The Morgan fingerprint density at radius 1 is 0.548 bits per heavy atom. The summed E-state index contributed by atoms with van der Waals surface area (Å²) in [5.41, 5.74) is 23.8. The molecule has 0 aromatic carbocycles. The Morgan fingerprint density at radius 3 is 1.57 bits per heavy atom. The van der Waals surface area contributed by atoms with E-state index >= 15 is 0 Å². The van der Waals surface area contributed by atoms with Gasteiger partial charge in [-0.05, 0) is 6.42 Å². The molecule has 1 saturated carbocycles. The second kappa shape index (κ2) is 14.1. The molecular weight excluding hydrogens is 572 g/mol. The lowest BCUT2D eigenvalue weighted by Gasteiger charge is -2.47. The molecule has 0 unspecified atom stereocenters. The molecular formula is C23H44N4O15. The van der Waals surface area contributed by atoms with Crippen LogP contribution in [0.25, 0.3) is 0 Å². The first-order chi connectivity index (χ1) is 19.8. The van der Waals surface area contributed by atoms with Gasteiger partial charge in [-0.1, -0.05) is 0 Å². The monoisotopic (exact) mass is 616 g/mol. The highest BCUT2D eigenvalue weighted by Crippen LogP contribution is 2.34. The lowest BCUT2D eigenvalue weighted by atomic mass is 9.85. The Hall–Kier alpha value is -0.760. The van der Waals surface area contributed by atoms with Crippen molar-refractivity contribution in [3.63, 3.8) is 0 Å². The van der Waals surface area contributed by atoms with Crippen LogP contribution in [0.5, 0.6) is 0 Å². The van der Waals surface area contributed by atoms with Crippen molar-refractivity contribution in [1.29, 1.82) is 0 Å². The van der Waals surface area contributed by atoms with Crippen LogP contribution >= 0.6 is 0 Å². The van der Waals surface area contributed by atoms with Crippen molar-refractivity contribution in [2.45, 2.75) is 123 Å². The van der Waals surface area contributed by atoms with E-state index in [1.165, 1.54) is 0 Å². The van der Waals surface area contributed by atoms with E-state index in [0.717, 1.165) is 0 Å². The van der Waals surface area contributed by atoms with Crippen molar-refractivity contribution in [1.82, 2.24) is 0 Å². The van der Waals surface area contributed by atoms with Crippen molar-refractivity contribution in [3.05, 3.63) is 0 Å². The number of ether oxygens (including phenoxy) is 6. The van der Waals surface area contributed by atoms with Crippen molar-refractivity contribution in [3.8, 4) is 0 Å². The molecule has 0 bridgehead atoms. The first kappa shape index (κ1) is 34.1. The zero-order valence-corrected chi connectivity index (χ0v) is 22.6. The molecule has 0 amide bonds. The molecule has 4 aliphatic rings. The van der Waals surface area contributed by atoms with Gasteiger partial charge in [0.05, 0.1) is 31.4 Å². The summed E-state index contributed by atoms with van der Waals surface area (Å²) >= 11 is 0. The number of hydrogen-bond donors (Lipinski definition) is 13. The van der Waals surface area contributed by atoms with Gasteiger partial charge in [0.25, 0.3) is 0 Å². The molecule has 17 N–H and O–H groups in total. The molecule has 4 rings (SSSR count). The van der Waals surface area contributed by atoms with E-state index in [0.29, 0.717) is 0 Å². The summed E-state index contributed by atoms with van der Waals surface area (Å²) in [4.78, 5) is 0. The minimum absolute atomic E-state index is 0.144. The lowest BCUT2D eigenvalue weighted by molar-refractivity contribution is -0.311. The van der Waals surface area contributed by atoms with Gasteiger partial charge < -0.3 is 97.3 Å². The van der Waals surface area contributed by atoms with Gasteiger partial charge in [-0.2, -0.15) is 0 Å². The van der Waals surface area contributed by atoms with Gasteiger partial charge in [-0.3, -0.25) is 0 Å². The van der Waals surface area contributed by atoms with Crippen LogP contribution in [0, 0.1) is 0 Å². The third-order valence-corrected chi connectivity index (χ3v) is 8.24. The molecule has 1 aliphatic carbocycles. The third kappa shape index (κ3) is 6.60. The van der Waals surface area contributed by atoms with Crippen LogP contribution in [0.15, 0.2) is 0 Å². The quantitative estimate of drug-likeness (QED) is 0.114. The molecule has 42 heavy (non-hydrogen) atoms. The van der Waals surface area contributed by atoms with E-state index in [4.69, 9.17) is 51.4 Å². The van der Waals surface area contributed by atoms with E-state index in [1.54, 1.807) is 0 Å². The van der Waals surface area contributed by atoms with E-state index < -0.39 is 130 Å². The number of aliphatic hydroxyl groups excluding tert-OH is 9.